The maximum Gasteiger partial charge on any atom is 0.340 e. The van der Waals surface area contributed by atoms with Crippen molar-refractivity contribution in [1.82, 2.24) is 0 Å². The van der Waals surface area contributed by atoms with E-state index in [0.29, 0.717) is 5.56 Å². The molecule has 2 aliphatic rings. The van der Waals surface area contributed by atoms with Crippen molar-refractivity contribution in [3.05, 3.63) is 88.5 Å². The number of hydrogen-bond donors (Lipinski definition) is 0. The minimum Gasteiger partial charge on any atom is -0.441 e. The molecule has 1 fully saturated rings. The van der Waals surface area contributed by atoms with E-state index in [1.807, 2.05) is 25.1 Å². The van der Waals surface area contributed by atoms with Crippen molar-refractivity contribution < 1.29 is 9.53 Å². The van der Waals surface area contributed by atoms with Crippen LogP contribution in [0.4, 0.5) is 17.1 Å². The number of fused-ring (bicyclic) bond motifs is 1. The summed E-state index contributed by atoms with van der Waals surface area (Å²) >= 11 is 0. The van der Waals surface area contributed by atoms with Crippen LogP contribution in [0.1, 0.15) is 65.7 Å². The van der Waals surface area contributed by atoms with Gasteiger partial charge in [0.2, 0.25) is 0 Å². The van der Waals surface area contributed by atoms with Gasteiger partial charge in [0.15, 0.2) is 5.60 Å². The van der Waals surface area contributed by atoms with Crippen LogP contribution in [-0.4, -0.2) is 46.2 Å². The number of aryl methyl sites for hydroxylation is 1. The Labute approximate surface area is 221 Å². The molecule has 0 radical (unpaired) electrons. The molecule has 37 heavy (non-hydrogen) atoms. The molecular formula is C32H39N3O2. The highest BCUT2D eigenvalue weighted by Gasteiger charge is 2.49. The third kappa shape index (κ3) is 4.35. The van der Waals surface area contributed by atoms with E-state index >= 15 is 0 Å². The van der Waals surface area contributed by atoms with Gasteiger partial charge in [0.1, 0.15) is 0 Å². The van der Waals surface area contributed by atoms with Crippen molar-refractivity contribution in [1.29, 1.82) is 0 Å². The molecular weight excluding hydrogens is 458 g/mol. The first-order valence-electron chi connectivity index (χ1n) is 13.7. The smallest absolute Gasteiger partial charge is 0.340 e. The summed E-state index contributed by atoms with van der Waals surface area (Å²) in [7, 11) is 3.98. The average Bonchev–Trinajstić information content (AvgIpc) is 3.22. The zero-order chi connectivity index (χ0) is 26.2. The van der Waals surface area contributed by atoms with Gasteiger partial charge in [-0.15, -0.1) is 0 Å². The fraction of sp³-hybridized carbons (Fsp3) is 0.406. The fourth-order valence-corrected chi connectivity index (χ4v) is 5.99. The standard InChI is InChI=1S/C32H39N3O2/c1-6-34(7-2)27-16-17-29(23(3)21-27)32(24-11-13-25(14-12-24)35-19-9-8-10-20-35)30-18-15-26(33(4)5)22-28(30)31(36)37-32/h11-18,21-22H,6-10,19-20H2,1-5H3. The van der Waals surface area contributed by atoms with Gasteiger partial charge in [-0.2, -0.15) is 0 Å². The third-order valence-electron chi connectivity index (χ3n) is 8.08. The topological polar surface area (TPSA) is 36.0 Å². The quantitative estimate of drug-likeness (QED) is 0.355. The maximum atomic E-state index is 13.4. The monoisotopic (exact) mass is 497 g/mol. The number of carbonyl (C=O) groups excluding carboxylic acids is 1. The first-order valence-corrected chi connectivity index (χ1v) is 13.7. The predicted molar refractivity (Wildman–Crippen MR) is 153 cm³/mol. The number of piperidine rings is 1. The van der Waals surface area contributed by atoms with Crippen molar-refractivity contribution in [2.75, 3.05) is 55.0 Å². The van der Waals surface area contributed by atoms with Crippen molar-refractivity contribution in [2.24, 2.45) is 0 Å². The lowest BCUT2D eigenvalue weighted by molar-refractivity contribution is 0.0250. The van der Waals surface area contributed by atoms with Crippen LogP contribution in [0.3, 0.4) is 0 Å². The summed E-state index contributed by atoms with van der Waals surface area (Å²) in [6.45, 7) is 10.6. The van der Waals surface area contributed by atoms with E-state index in [2.05, 4.69) is 85.2 Å². The molecule has 0 spiro atoms. The van der Waals surface area contributed by atoms with Gasteiger partial charge in [0.25, 0.3) is 0 Å². The minimum absolute atomic E-state index is 0.272. The second-order valence-corrected chi connectivity index (χ2v) is 10.5. The predicted octanol–water partition coefficient (Wildman–Crippen LogP) is 6.36. The molecule has 5 heteroatoms. The number of benzene rings is 3. The van der Waals surface area contributed by atoms with Gasteiger partial charge in [-0.1, -0.05) is 24.3 Å². The van der Waals surface area contributed by atoms with Crippen LogP contribution in [0.15, 0.2) is 60.7 Å². The van der Waals surface area contributed by atoms with Gasteiger partial charge in [-0.05, 0) is 82.0 Å². The van der Waals surface area contributed by atoms with Crippen LogP contribution in [0.25, 0.3) is 0 Å². The van der Waals surface area contributed by atoms with E-state index in [9.17, 15) is 4.79 Å². The van der Waals surface area contributed by atoms with Crippen LogP contribution in [0.5, 0.6) is 0 Å². The SMILES string of the molecule is CCN(CC)c1ccc(C2(c3ccc(N4CCCCC4)cc3)OC(=O)c3cc(N(C)C)ccc32)c(C)c1. The van der Waals surface area contributed by atoms with E-state index in [-0.39, 0.29) is 5.97 Å². The fourth-order valence-electron chi connectivity index (χ4n) is 5.99. The number of carbonyl (C=O) groups is 1. The molecule has 0 N–H and O–H groups in total. The molecule has 5 rings (SSSR count). The molecule has 0 saturated carbocycles. The summed E-state index contributed by atoms with van der Waals surface area (Å²) in [5, 5.41) is 0. The molecule has 0 aliphatic carbocycles. The Morgan fingerprint density at radius 3 is 2.11 bits per heavy atom. The van der Waals surface area contributed by atoms with E-state index in [4.69, 9.17) is 4.74 Å². The lowest BCUT2D eigenvalue weighted by atomic mass is 9.78. The third-order valence-corrected chi connectivity index (χ3v) is 8.08. The maximum absolute atomic E-state index is 13.4. The molecule has 3 aromatic rings. The number of hydrogen-bond acceptors (Lipinski definition) is 5. The van der Waals surface area contributed by atoms with E-state index in [0.717, 1.165) is 54.1 Å². The highest BCUT2D eigenvalue weighted by molar-refractivity contribution is 5.97. The Morgan fingerprint density at radius 1 is 0.838 bits per heavy atom. The lowest BCUT2D eigenvalue weighted by Crippen LogP contribution is -2.32. The van der Waals surface area contributed by atoms with Gasteiger partial charge >= 0.3 is 5.97 Å². The Balaban J connectivity index is 1.67. The van der Waals surface area contributed by atoms with Crippen molar-refractivity contribution in [3.8, 4) is 0 Å². The summed E-state index contributed by atoms with van der Waals surface area (Å²) in [6.07, 6.45) is 3.79. The Bertz CT molecular complexity index is 1270. The molecule has 0 bridgehead atoms. The molecule has 0 aromatic heterocycles. The Kier molecular flexibility index (Phi) is 6.89. The number of esters is 1. The van der Waals surface area contributed by atoms with E-state index in [1.165, 1.54) is 30.6 Å². The second kappa shape index (κ2) is 10.1. The highest BCUT2D eigenvalue weighted by Crippen LogP contribution is 2.49. The van der Waals surface area contributed by atoms with Crippen LogP contribution in [0.2, 0.25) is 0 Å². The Morgan fingerprint density at radius 2 is 1.49 bits per heavy atom. The van der Waals surface area contributed by atoms with Crippen molar-refractivity contribution >= 4 is 23.0 Å². The number of ether oxygens (including phenoxy) is 1. The average molecular weight is 498 g/mol. The molecule has 1 atom stereocenters. The molecule has 5 nitrogen and oxygen atoms in total. The largest absolute Gasteiger partial charge is 0.441 e. The molecule has 3 aromatic carbocycles. The molecule has 0 amide bonds. The highest BCUT2D eigenvalue weighted by atomic mass is 16.6. The summed E-state index contributed by atoms with van der Waals surface area (Å²) in [5.41, 5.74) is 7.08. The van der Waals surface area contributed by atoms with Crippen molar-refractivity contribution in [2.45, 2.75) is 45.6 Å². The number of cyclic esters (lactones) is 1. The number of anilines is 3. The summed E-state index contributed by atoms with van der Waals surface area (Å²) in [6, 6.07) is 21.4. The van der Waals surface area contributed by atoms with Crippen LogP contribution in [0, 0.1) is 6.92 Å². The number of nitrogens with zero attached hydrogens (tertiary/aromatic N) is 3. The molecule has 2 heterocycles. The van der Waals surface area contributed by atoms with Crippen molar-refractivity contribution in [3.63, 3.8) is 0 Å². The number of rotatable bonds is 7. The molecule has 1 saturated heterocycles. The van der Waals surface area contributed by atoms with Gasteiger partial charge in [-0.25, -0.2) is 4.79 Å². The van der Waals surface area contributed by atoms with Gasteiger partial charge in [0.05, 0.1) is 5.56 Å². The minimum atomic E-state index is -0.983. The Hall–Kier alpha value is -3.47. The summed E-state index contributed by atoms with van der Waals surface area (Å²) in [5.74, 6) is -0.272. The molecule has 1 unspecified atom stereocenters. The second-order valence-electron chi connectivity index (χ2n) is 10.5. The van der Waals surface area contributed by atoms with Crippen LogP contribution in [-0.2, 0) is 10.3 Å². The summed E-state index contributed by atoms with van der Waals surface area (Å²) < 4.78 is 6.46. The van der Waals surface area contributed by atoms with Gasteiger partial charge in [-0.3, -0.25) is 0 Å². The first kappa shape index (κ1) is 25.2. The van der Waals surface area contributed by atoms with Crippen LogP contribution < -0.4 is 14.7 Å². The van der Waals surface area contributed by atoms with Gasteiger partial charge < -0.3 is 19.4 Å². The molecule has 194 valence electrons. The lowest BCUT2D eigenvalue weighted by Gasteiger charge is -2.34. The van der Waals surface area contributed by atoms with E-state index in [1.54, 1.807) is 0 Å². The van der Waals surface area contributed by atoms with Gasteiger partial charge in [0, 0.05) is 74.0 Å². The van der Waals surface area contributed by atoms with Crippen LogP contribution >= 0.6 is 0 Å². The zero-order valence-electron chi connectivity index (χ0n) is 22.9. The zero-order valence-corrected chi connectivity index (χ0v) is 22.9. The summed E-state index contributed by atoms with van der Waals surface area (Å²) in [4.78, 5) is 20.3. The molecule has 2 aliphatic heterocycles. The normalized spacial score (nSPS) is 18.9. The first-order chi connectivity index (χ1) is 17.9. The van der Waals surface area contributed by atoms with E-state index < -0.39 is 5.60 Å².